The van der Waals surface area contributed by atoms with E-state index in [1.54, 1.807) is 4.90 Å². The lowest BCUT2D eigenvalue weighted by molar-refractivity contribution is 0.165. The van der Waals surface area contributed by atoms with Gasteiger partial charge in [-0.25, -0.2) is 4.79 Å². The number of hydrogen-bond acceptors (Lipinski definition) is 5. The summed E-state index contributed by atoms with van der Waals surface area (Å²) in [6.45, 7) is 5.60. The van der Waals surface area contributed by atoms with Crippen LogP contribution in [0.25, 0.3) is 0 Å². The monoisotopic (exact) mass is 373 g/mol. The average molecular weight is 373 g/mol. The maximum atomic E-state index is 12.4. The molecule has 1 heterocycles. The molecule has 0 spiro atoms. The van der Waals surface area contributed by atoms with Crippen LogP contribution < -0.4 is 9.50 Å². The van der Waals surface area contributed by atoms with Crippen molar-refractivity contribution in [2.45, 2.75) is 19.8 Å². The van der Waals surface area contributed by atoms with Crippen molar-refractivity contribution >= 4 is 22.2 Å². The zero-order chi connectivity index (χ0) is 18.4. The second-order valence-electron chi connectivity index (χ2n) is 6.22. The fraction of sp³-hybridized carbons (Fsp3) is 0.562. The van der Waals surface area contributed by atoms with Gasteiger partial charge in [0.1, 0.15) is 5.75 Å². The van der Waals surface area contributed by atoms with Crippen molar-refractivity contribution in [3.63, 3.8) is 0 Å². The Morgan fingerprint density at radius 3 is 2.44 bits per heavy atom. The average Bonchev–Trinajstić information content (AvgIpc) is 2.56. The van der Waals surface area contributed by atoms with Crippen molar-refractivity contribution in [3.8, 4) is 5.75 Å². The number of urea groups is 1. The van der Waals surface area contributed by atoms with Crippen molar-refractivity contribution < 1.29 is 21.3 Å². The summed E-state index contributed by atoms with van der Waals surface area (Å²) in [6, 6.07) is 5.27. The van der Waals surface area contributed by atoms with Gasteiger partial charge < -0.3 is 19.3 Å². The number of amides is 2. The first-order valence-corrected chi connectivity index (χ1v) is 9.56. The van der Waals surface area contributed by atoms with E-state index in [9.17, 15) is 17.1 Å². The number of halogens is 1. The summed E-state index contributed by atoms with van der Waals surface area (Å²) in [7, 11) is -2.95. The highest BCUT2D eigenvalue weighted by molar-refractivity contribution is 7.81. The van der Waals surface area contributed by atoms with Gasteiger partial charge in [0.2, 0.25) is 0 Å². The zero-order valence-corrected chi connectivity index (χ0v) is 15.3. The van der Waals surface area contributed by atoms with Crippen LogP contribution in [0.5, 0.6) is 5.75 Å². The molecule has 1 aromatic rings. The van der Waals surface area contributed by atoms with E-state index in [1.807, 2.05) is 0 Å². The number of likely N-dealkylation sites (tertiary alicyclic amines) is 1. The minimum absolute atomic E-state index is 0.152. The summed E-state index contributed by atoms with van der Waals surface area (Å²) < 4.78 is 37.4. The van der Waals surface area contributed by atoms with Crippen LogP contribution in [0.1, 0.15) is 19.8 Å². The van der Waals surface area contributed by atoms with Crippen LogP contribution in [-0.4, -0.2) is 57.5 Å². The quantitative estimate of drug-likeness (QED) is 0.775. The fourth-order valence-electron chi connectivity index (χ4n) is 2.80. The van der Waals surface area contributed by atoms with Crippen molar-refractivity contribution in [1.29, 1.82) is 0 Å². The Balaban J connectivity index is 1.82. The van der Waals surface area contributed by atoms with Crippen LogP contribution in [0.15, 0.2) is 24.3 Å². The molecule has 1 fully saturated rings. The summed E-state index contributed by atoms with van der Waals surface area (Å²) in [4.78, 5) is 16.3. The van der Waals surface area contributed by atoms with E-state index < -0.39 is 10.5 Å². The third-order valence-electron chi connectivity index (χ3n) is 4.31. The molecule has 0 saturated carbocycles. The van der Waals surface area contributed by atoms with Crippen LogP contribution in [0.3, 0.4) is 0 Å². The summed E-state index contributed by atoms with van der Waals surface area (Å²) in [5.41, 5.74) is 0.487. The van der Waals surface area contributed by atoms with E-state index >= 15 is 0 Å². The molecule has 0 bridgehead atoms. The van der Waals surface area contributed by atoms with Crippen LogP contribution in [0, 0.1) is 5.92 Å². The number of carbonyl (C=O) groups is 1. The first-order chi connectivity index (χ1) is 11.8. The highest BCUT2D eigenvalue weighted by Crippen LogP contribution is 2.21. The third kappa shape index (κ3) is 6.50. The lowest BCUT2D eigenvalue weighted by Crippen LogP contribution is -2.43. The number of carbonyl (C=O) groups excluding carboxylic acids is 1. The molecule has 0 aliphatic carbocycles. The molecule has 140 valence electrons. The maximum absolute atomic E-state index is 12.4. The van der Waals surface area contributed by atoms with E-state index in [0.717, 1.165) is 25.9 Å². The van der Waals surface area contributed by atoms with E-state index in [1.165, 1.54) is 24.3 Å². The van der Waals surface area contributed by atoms with Crippen LogP contribution in [0.4, 0.5) is 14.4 Å². The van der Waals surface area contributed by atoms with Crippen LogP contribution >= 0.6 is 0 Å². The molecule has 7 nitrogen and oxygen atoms in total. The number of anilines is 1. The second-order valence-corrected chi connectivity index (χ2v) is 7.17. The number of nitrogens with one attached hydrogen (secondary N) is 1. The molecule has 0 unspecified atom stereocenters. The van der Waals surface area contributed by atoms with Gasteiger partial charge in [0.25, 0.3) is 0 Å². The van der Waals surface area contributed by atoms with Gasteiger partial charge in [0.15, 0.2) is 0 Å². The SMILES string of the molecule is CCN(C)CC1CCN(C(=O)Nc2ccc(OS(=O)(=O)F)cc2)CC1. The maximum Gasteiger partial charge on any atom is 0.488 e. The highest BCUT2D eigenvalue weighted by Gasteiger charge is 2.23. The fourth-order valence-corrected chi connectivity index (χ4v) is 3.14. The Bertz CT molecular complexity index is 673. The van der Waals surface area contributed by atoms with Gasteiger partial charge in [-0.3, -0.25) is 0 Å². The summed E-state index contributed by atoms with van der Waals surface area (Å²) in [5, 5.41) is 2.75. The largest absolute Gasteiger partial charge is 0.488 e. The molecule has 2 amide bonds. The van der Waals surface area contributed by atoms with Crippen molar-refractivity contribution in [1.82, 2.24) is 9.80 Å². The lowest BCUT2D eigenvalue weighted by atomic mass is 9.96. The smallest absolute Gasteiger partial charge is 0.358 e. The predicted molar refractivity (Wildman–Crippen MR) is 93.6 cm³/mol. The van der Waals surface area contributed by atoms with Gasteiger partial charge in [-0.1, -0.05) is 10.8 Å². The zero-order valence-electron chi connectivity index (χ0n) is 14.4. The molecular weight excluding hydrogens is 349 g/mol. The summed E-state index contributed by atoms with van der Waals surface area (Å²) in [6.07, 6.45) is 1.94. The van der Waals surface area contributed by atoms with Crippen LogP contribution in [-0.2, 0) is 10.5 Å². The Morgan fingerprint density at radius 1 is 1.32 bits per heavy atom. The molecule has 0 aromatic heterocycles. The van der Waals surface area contributed by atoms with E-state index in [-0.39, 0.29) is 11.8 Å². The molecule has 25 heavy (non-hydrogen) atoms. The second kappa shape index (κ2) is 8.48. The standard InChI is InChI=1S/C16H24FN3O4S/c1-3-19(2)12-13-8-10-20(11-9-13)16(21)18-14-4-6-15(7-5-14)24-25(17,22)23/h4-7,13H,3,8-12H2,1-2H3,(H,18,21). The number of rotatable bonds is 6. The molecule has 1 aromatic carbocycles. The van der Waals surface area contributed by atoms with E-state index in [0.29, 0.717) is 24.7 Å². The van der Waals surface area contributed by atoms with Gasteiger partial charge in [0.05, 0.1) is 0 Å². The van der Waals surface area contributed by atoms with Crippen molar-refractivity contribution in [2.24, 2.45) is 5.92 Å². The third-order valence-corrected chi connectivity index (χ3v) is 4.70. The Kier molecular flexibility index (Phi) is 6.60. The molecular formula is C16H24FN3O4S. The minimum Gasteiger partial charge on any atom is -0.358 e. The molecule has 1 saturated heterocycles. The molecule has 0 radical (unpaired) electrons. The molecule has 0 atom stereocenters. The topological polar surface area (TPSA) is 79.0 Å². The first-order valence-electron chi connectivity index (χ1n) is 8.25. The molecule has 9 heteroatoms. The Hall–Kier alpha value is -1.87. The summed E-state index contributed by atoms with van der Waals surface area (Å²) >= 11 is 0. The van der Waals surface area contributed by atoms with E-state index in [4.69, 9.17) is 0 Å². The normalized spacial score (nSPS) is 16.1. The molecule has 1 aliphatic rings. The molecule has 2 rings (SSSR count). The summed E-state index contributed by atoms with van der Waals surface area (Å²) in [5.74, 6) is 0.453. The predicted octanol–water partition coefficient (Wildman–Crippen LogP) is 2.48. The van der Waals surface area contributed by atoms with Gasteiger partial charge in [-0.2, -0.15) is 8.42 Å². The van der Waals surface area contributed by atoms with Crippen LogP contribution in [0.2, 0.25) is 0 Å². The van der Waals surface area contributed by atoms with Gasteiger partial charge in [-0.05, 0) is 56.6 Å². The van der Waals surface area contributed by atoms with Crippen molar-refractivity contribution in [3.05, 3.63) is 24.3 Å². The van der Waals surface area contributed by atoms with E-state index in [2.05, 4.69) is 28.4 Å². The lowest BCUT2D eigenvalue weighted by Gasteiger charge is -2.33. The van der Waals surface area contributed by atoms with Gasteiger partial charge >= 0.3 is 16.5 Å². The Morgan fingerprint density at radius 2 is 1.92 bits per heavy atom. The van der Waals surface area contributed by atoms with Crippen molar-refractivity contribution in [2.75, 3.05) is 38.5 Å². The number of nitrogens with zero attached hydrogens (tertiary/aromatic N) is 2. The molecule has 1 aliphatic heterocycles. The van der Waals surface area contributed by atoms with Gasteiger partial charge in [-0.15, -0.1) is 0 Å². The van der Waals surface area contributed by atoms with Gasteiger partial charge in [0, 0.05) is 25.3 Å². The first kappa shape index (κ1) is 19.5. The Labute approximate surface area is 148 Å². The number of piperidine rings is 1. The molecule has 1 N–H and O–H groups in total. The highest BCUT2D eigenvalue weighted by atomic mass is 32.3. The number of benzene rings is 1. The minimum atomic E-state index is -5.05. The number of hydrogen-bond donors (Lipinski definition) is 1.